The highest BCUT2D eigenvalue weighted by Gasteiger charge is 2.37. The number of carbonyl (C=O) groups is 2. The minimum absolute atomic E-state index is 0.0689. The van der Waals surface area contributed by atoms with E-state index in [1.54, 1.807) is 30.3 Å². The number of benzene rings is 3. The first-order chi connectivity index (χ1) is 17.5. The first kappa shape index (κ1) is 26.5. The van der Waals surface area contributed by atoms with Crippen LogP contribution in [0.1, 0.15) is 23.7 Å². The molecule has 1 aliphatic rings. The summed E-state index contributed by atoms with van der Waals surface area (Å²) in [5.41, 5.74) is 1.68. The van der Waals surface area contributed by atoms with Gasteiger partial charge < -0.3 is 10.6 Å². The lowest BCUT2D eigenvalue weighted by Gasteiger charge is -2.28. The quantitative estimate of drug-likeness (QED) is 0.470. The number of rotatable bonds is 7. The van der Waals surface area contributed by atoms with E-state index in [4.69, 9.17) is 0 Å². The zero-order valence-corrected chi connectivity index (χ0v) is 22.0. The summed E-state index contributed by atoms with van der Waals surface area (Å²) in [7, 11) is -7.69. The minimum atomic E-state index is -4.21. The van der Waals surface area contributed by atoms with Crippen LogP contribution in [0.3, 0.4) is 0 Å². The molecule has 1 unspecified atom stereocenters. The van der Waals surface area contributed by atoms with Crippen molar-refractivity contribution in [1.29, 1.82) is 0 Å². The molecule has 0 saturated carbocycles. The van der Waals surface area contributed by atoms with Gasteiger partial charge in [-0.1, -0.05) is 30.3 Å². The largest absolute Gasteiger partial charge is 0.326 e. The lowest BCUT2D eigenvalue weighted by atomic mass is 10.0. The van der Waals surface area contributed by atoms with E-state index in [1.165, 1.54) is 49.4 Å². The maximum absolute atomic E-state index is 13.6. The average Bonchev–Trinajstić information content (AvgIpc) is 3.37. The Morgan fingerprint density at radius 1 is 0.919 bits per heavy atom. The first-order valence-corrected chi connectivity index (χ1v) is 14.9. The monoisotopic (exact) mass is 541 g/mol. The van der Waals surface area contributed by atoms with Crippen molar-refractivity contribution < 1.29 is 26.4 Å². The highest BCUT2D eigenvalue weighted by atomic mass is 32.2. The summed E-state index contributed by atoms with van der Waals surface area (Å²) in [6.45, 7) is 2.25. The van der Waals surface area contributed by atoms with Gasteiger partial charge in [0, 0.05) is 36.5 Å². The zero-order valence-electron chi connectivity index (χ0n) is 20.3. The van der Waals surface area contributed by atoms with Gasteiger partial charge in [-0.3, -0.25) is 9.59 Å². The molecule has 1 saturated heterocycles. The summed E-state index contributed by atoms with van der Waals surface area (Å²) < 4.78 is 52.6. The molecule has 1 aliphatic heterocycles. The first-order valence-electron chi connectivity index (χ1n) is 11.5. The van der Waals surface area contributed by atoms with Crippen molar-refractivity contribution in [3.63, 3.8) is 0 Å². The molecular formula is C26H27N3O6S2. The molecule has 2 N–H and O–H groups in total. The molecule has 3 aromatic carbocycles. The van der Waals surface area contributed by atoms with Gasteiger partial charge in [-0.2, -0.15) is 0 Å². The van der Waals surface area contributed by atoms with Gasteiger partial charge in [0.15, 0.2) is 9.84 Å². The van der Waals surface area contributed by atoms with E-state index in [9.17, 15) is 26.4 Å². The average molecular weight is 542 g/mol. The predicted octanol–water partition coefficient (Wildman–Crippen LogP) is 2.91. The van der Waals surface area contributed by atoms with Crippen molar-refractivity contribution in [2.45, 2.75) is 29.2 Å². The van der Waals surface area contributed by atoms with Crippen molar-refractivity contribution in [3.05, 3.63) is 78.4 Å². The van der Waals surface area contributed by atoms with Gasteiger partial charge in [-0.15, -0.1) is 0 Å². The third-order valence-corrected chi connectivity index (χ3v) is 9.03. The van der Waals surface area contributed by atoms with E-state index >= 15 is 0 Å². The van der Waals surface area contributed by atoms with Crippen molar-refractivity contribution in [3.8, 4) is 11.1 Å². The maximum Gasteiger partial charge on any atom is 0.267 e. The van der Waals surface area contributed by atoms with E-state index in [2.05, 4.69) is 10.6 Å². The fraction of sp³-hybridized carbons (Fsp3) is 0.231. The van der Waals surface area contributed by atoms with E-state index in [-0.39, 0.29) is 21.3 Å². The van der Waals surface area contributed by atoms with Crippen LogP contribution in [0.5, 0.6) is 0 Å². The lowest BCUT2D eigenvalue weighted by molar-refractivity contribution is -0.114. The molecule has 9 nitrogen and oxygen atoms in total. The third kappa shape index (κ3) is 5.74. The highest BCUT2D eigenvalue weighted by Crippen LogP contribution is 2.29. The second-order valence-corrected chi connectivity index (χ2v) is 12.6. The Morgan fingerprint density at radius 3 is 2.14 bits per heavy atom. The van der Waals surface area contributed by atoms with Crippen LogP contribution in [0.25, 0.3) is 11.1 Å². The van der Waals surface area contributed by atoms with Crippen LogP contribution >= 0.6 is 0 Å². The summed E-state index contributed by atoms with van der Waals surface area (Å²) in [6, 6.07) is 17.9. The summed E-state index contributed by atoms with van der Waals surface area (Å²) >= 11 is 0. The number of nitrogens with zero attached hydrogens (tertiary/aromatic N) is 1. The molecule has 0 aliphatic carbocycles. The van der Waals surface area contributed by atoms with Crippen molar-refractivity contribution in [1.82, 2.24) is 9.62 Å². The van der Waals surface area contributed by atoms with Gasteiger partial charge in [0.25, 0.3) is 15.9 Å². The smallest absolute Gasteiger partial charge is 0.267 e. The molecule has 1 atom stereocenters. The molecule has 11 heteroatoms. The molecule has 37 heavy (non-hydrogen) atoms. The van der Waals surface area contributed by atoms with E-state index in [1.807, 2.05) is 0 Å². The standard InChI is InChI=1S/C26H27N3O6S2/c1-18(30)28-21-11-13-23(14-12-21)37(34,35)29(22-15-16-27-17-22)26(31)20-9-7-19(8-10-20)24-5-3-4-6-25(24)36(2,32)33/h3-14,22,27H,15-17H2,1-2H3,(H,28,30). The molecule has 2 amide bonds. The van der Waals surface area contributed by atoms with Gasteiger partial charge >= 0.3 is 0 Å². The predicted molar refractivity (Wildman–Crippen MR) is 140 cm³/mol. The molecule has 1 fully saturated rings. The Labute approximate surface area is 216 Å². The molecule has 4 rings (SSSR count). The lowest BCUT2D eigenvalue weighted by Crippen LogP contribution is -2.45. The van der Waals surface area contributed by atoms with Crippen molar-refractivity contribution >= 4 is 37.4 Å². The Balaban J connectivity index is 1.69. The number of nitrogens with one attached hydrogen (secondary N) is 2. The Morgan fingerprint density at radius 2 is 1.57 bits per heavy atom. The van der Waals surface area contributed by atoms with Crippen LogP contribution < -0.4 is 10.6 Å². The SMILES string of the molecule is CC(=O)Nc1ccc(S(=O)(=O)N(C(=O)c2ccc(-c3ccccc3S(C)(=O)=O)cc2)C2CCNC2)cc1. The Kier molecular flexibility index (Phi) is 7.49. The van der Waals surface area contributed by atoms with Crippen LogP contribution in [-0.4, -0.2) is 58.3 Å². The molecule has 0 radical (unpaired) electrons. The van der Waals surface area contributed by atoms with Crippen LogP contribution in [0, 0.1) is 0 Å². The maximum atomic E-state index is 13.6. The molecule has 194 valence electrons. The molecule has 0 bridgehead atoms. The van der Waals surface area contributed by atoms with E-state index in [0.29, 0.717) is 36.3 Å². The molecule has 0 aromatic heterocycles. The molecule has 3 aromatic rings. The molecule has 0 spiro atoms. The number of sulfone groups is 1. The van der Waals surface area contributed by atoms with Crippen LogP contribution in [0.15, 0.2) is 82.6 Å². The highest BCUT2D eigenvalue weighted by molar-refractivity contribution is 7.91. The van der Waals surface area contributed by atoms with Crippen LogP contribution in [-0.2, 0) is 24.7 Å². The topological polar surface area (TPSA) is 130 Å². The Bertz CT molecular complexity index is 1530. The van der Waals surface area contributed by atoms with Crippen molar-refractivity contribution in [2.75, 3.05) is 24.7 Å². The summed E-state index contributed by atoms with van der Waals surface area (Å²) in [5, 5.41) is 5.69. The number of hydrogen-bond acceptors (Lipinski definition) is 7. The second kappa shape index (κ2) is 10.4. The zero-order chi connectivity index (χ0) is 26.8. The fourth-order valence-electron chi connectivity index (χ4n) is 4.29. The van der Waals surface area contributed by atoms with Gasteiger partial charge in [0.05, 0.1) is 15.8 Å². The second-order valence-electron chi connectivity index (χ2n) is 8.80. The van der Waals surface area contributed by atoms with Gasteiger partial charge in [0.1, 0.15) is 0 Å². The Hall–Kier alpha value is -3.54. The normalized spacial score (nSPS) is 15.8. The number of sulfonamides is 1. The van der Waals surface area contributed by atoms with Gasteiger partial charge in [0.2, 0.25) is 5.91 Å². The third-order valence-electron chi connectivity index (χ3n) is 6.03. The number of carbonyl (C=O) groups excluding carboxylic acids is 2. The van der Waals surface area contributed by atoms with Crippen molar-refractivity contribution in [2.24, 2.45) is 0 Å². The number of hydrogen-bond donors (Lipinski definition) is 2. The fourth-order valence-corrected chi connectivity index (χ4v) is 6.80. The van der Waals surface area contributed by atoms with Crippen LogP contribution in [0.4, 0.5) is 5.69 Å². The molecular weight excluding hydrogens is 514 g/mol. The molecule has 1 heterocycles. The van der Waals surface area contributed by atoms with E-state index < -0.39 is 31.8 Å². The number of amides is 2. The summed E-state index contributed by atoms with van der Waals surface area (Å²) in [6.07, 6.45) is 1.60. The van der Waals surface area contributed by atoms with Crippen LogP contribution in [0.2, 0.25) is 0 Å². The summed E-state index contributed by atoms with van der Waals surface area (Å²) in [4.78, 5) is 25.0. The van der Waals surface area contributed by atoms with Gasteiger partial charge in [-0.25, -0.2) is 21.1 Å². The van der Waals surface area contributed by atoms with E-state index in [0.717, 1.165) is 10.6 Å². The minimum Gasteiger partial charge on any atom is -0.326 e. The number of anilines is 1. The van der Waals surface area contributed by atoms with Gasteiger partial charge in [-0.05, 0) is 61.0 Å². The summed E-state index contributed by atoms with van der Waals surface area (Å²) in [5.74, 6) is -0.963.